The smallest absolute Gasteiger partial charge is 0.411 e. The quantitative estimate of drug-likeness (QED) is 0.248. The van der Waals surface area contributed by atoms with Crippen molar-refractivity contribution < 1.29 is 33.0 Å². The Kier molecular flexibility index (Phi) is 7.62. The lowest BCUT2D eigenvalue weighted by Gasteiger charge is -2.31. The molecule has 1 amide bonds. The molecule has 4 aromatic rings. The van der Waals surface area contributed by atoms with E-state index in [2.05, 4.69) is 4.98 Å². The van der Waals surface area contributed by atoms with Gasteiger partial charge in [-0.25, -0.2) is 28.3 Å². The first-order chi connectivity index (χ1) is 21.1. The van der Waals surface area contributed by atoms with E-state index in [1.165, 1.54) is 37.4 Å². The number of nitrogens with zero attached hydrogens (tertiary/aromatic N) is 4. The zero-order valence-corrected chi connectivity index (χ0v) is 24.4. The number of amides is 1. The number of rotatable bonds is 8. The SMILES string of the molecule is COc1cc(F)c(-c2ccc(C(=O)O)cc2C)cc1-c1cnc(N2CCC2)nc1CN1C(=O)OC(c2ccc(F)cc2)C1C. The highest BCUT2D eigenvalue weighted by Gasteiger charge is 2.40. The summed E-state index contributed by atoms with van der Waals surface area (Å²) in [6, 6.07) is 12.9. The van der Waals surface area contributed by atoms with Gasteiger partial charge in [-0.05, 0) is 67.3 Å². The zero-order chi connectivity index (χ0) is 31.1. The maximum atomic E-state index is 15.5. The lowest BCUT2D eigenvalue weighted by molar-refractivity contribution is 0.0696. The number of carboxylic acid groups (broad SMARTS) is 1. The monoisotopic (exact) mass is 600 g/mol. The summed E-state index contributed by atoms with van der Waals surface area (Å²) in [5.74, 6) is -1.24. The van der Waals surface area contributed by atoms with Crippen LogP contribution in [0.2, 0.25) is 0 Å². The molecule has 3 aromatic carbocycles. The maximum Gasteiger partial charge on any atom is 0.411 e. The molecule has 3 heterocycles. The molecule has 2 unspecified atom stereocenters. The van der Waals surface area contributed by atoms with E-state index < -0.39 is 30.0 Å². The number of anilines is 1. The highest BCUT2D eigenvalue weighted by Crippen LogP contribution is 2.40. The van der Waals surface area contributed by atoms with Crippen LogP contribution in [-0.4, -0.2) is 58.3 Å². The van der Waals surface area contributed by atoms with Crippen LogP contribution >= 0.6 is 0 Å². The summed E-state index contributed by atoms with van der Waals surface area (Å²) in [5, 5.41) is 9.39. The molecule has 2 atom stereocenters. The molecule has 2 aliphatic heterocycles. The van der Waals surface area contributed by atoms with Gasteiger partial charge in [0.05, 0.1) is 31.0 Å². The highest BCUT2D eigenvalue weighted by molar-refractivity contribution is 5.89. The minimum atomic E-state index is -1.07. The summed E-state index contributed by atoms with van der Waals surface area (Å²) in [7, 11) is 1.44. The van der Waals surface area contributed by atoms with Crippen molar-refractivity contribution in [3.8, 4) is 28.0 Å². The molecule has 6 rings (SSSR count). The van der Waals surface area contributed by atoms with E-state index >= 15 is 4.39 Å². The van der Waals surface area contributed by atoms with E-state index in [0.717, 1.165) is 19.5 Å². The van der Waals surface area contributed by atoms with E-state index in [0.29, 0.717) is 39.5 Å². The maximum absolute atomic E-state index is 15.5. The lowest BCUT2D eigenvalue weighted by atomic mass is 9.93. The van der Waals surface area contributed by atoms with Gasteiger partial charge in [-0.15, -0.1) is 0 Å². The number of hydrogen-bond acceptors (Lipinski definition) is 7. The number of aryl methyl sites for hydroxylation is 1. The Morgan fingerprint density at radius 3 is 2.43 bits per heavy atom. The van der Waals surface area contributed by atoms with Gasteiger partial charge in [0.1, 0.15) is 23.5 Å². The first kappa shape index (κ1) is 29.0. The van der Waals surface area contributed by atoms with Crippen molar-refractivity contribution in [3.05, 3.63) is 94.8 Å². The molecule has 11 heteroatoms. The van der Waals surface area contributed by atoms with Crippen LogP contribution < -0.4 is 9.64 Å². The fourth-order valence-corrected chi connectivity index (χ4v) is 5.63. The molecule has 1 N–H and O–H groups in total. The number of ether oxygens (including phenoxy) is 2. The highest BCUT2D eigenvalue weighted by atomic mass is 19.1. The Morgan fingerprint density at radius 1 is 1.05 bits per heavy atom. The van der Waals surface area contributed by atoms with E-state index in [4.69, 9.17) is 14.5 Å². The molecule has 1 aromatic heterocycles. The average Bonchev–Trinajstić information content (AvgIpc) is 3.25. The first-order valence-corrected chi connectivity index (χ1v) is 14.2. The van der Waals surface area contributed by atoms with Crippen molar-refractivity contribution >= 4 is 18.0 Å². The molecular formula is C33H30F2N4O5. The molecule has 0 radical (unpaired) electrons. The van der Waals surface area contributed by atoms with Gasteiger partial charge in [-0.1, -0.05) is 18.2 Å². The molecular weight excluding hydrogens is 570 g/mol. The number of carbonyl (C=O) groups is 2. The number of benzene rings is 3. The molecule has 2 aliphatic rings. The molecule has 2 fully saturated rings. The molecule has 0 bridgehead atoms. The second-order valence-corrected chi connectivity index (χ2v) is 11.0. The van der Waals surface area contributed by atoms with Gasteiger partial charge in [0.2, 0.25) is 5.95 Å². The zero-order valence-electron chi connectivity index (χ0n) is 24.4. The van der Waals surface area contributed by atoms with Crippen molar-refractivity contribution in [1.29, 1.82) is 0 Å². The third kappa shape index (κ3) is 5.29. The number of cyclic esters (lactones) is 1. The number of carbonyl (C=O) groups excluding carboxylic acids is 1. The number of aromatic carboxylic acids is 1. The predicted octanol–water partition coefficient (Wildman–Crippen LogP) is 6.40. The fraction of sp³-hybridized carbons (Fsp3) is 0.273. The first-order valence-electron chi connectivity index (χ1n) is 14.2. The number of halogens is 2. The lowest BCUT2D eigenvalue weighted by Crippen LogP contribution is -2.39. The van der Waals surface area contributed by atoms with E-state index in [-0.39, 0.29) is 29.2 Å². The van der Waals surface area contributed by atoms with Crippen LogP contribution in [0.15, 0.2) is 60.8 Å². The normalized spacial score (nSPS) is 17.8. The third-order valence-corrected chi connectivity index (χ3v) is 8.25. The van der Waals surface area contributed by atoms with E-state index in [1.807, 2.05) is 11.8 Å². The largest absolute Gasteiger partial charge is 0.496 e. The van der Waals surface area contributed by atoms with Crippen LogP contribution in [0.1, 0.15) is 46.6 Å². The van der Waals surface area contributed by atoms with E-state index in [9.17, 15) is 19.1 Å². The number of carboxylic acids is 1. The molecule has 0 saturated carbocycles. The van der Waals surface area contributed by atoms with Gasteiger partial charge in [0.25, 0.3) is 0 Å². The molecule has 226 valence electrons. The Labute approximate surface area is 252 Å². The van der Waals surface area contributed by atoms with Gasteiger partial charge in [0.15, 0.2) is 0 Å². The summed E-state index contributed by atoms with van der Waals surface area (Å²) in [6.07, 6.45) is 1.53. The molecule has 0 spiro atoms. The molecule has 44 heavy (non-hydrogen) atoms. The van der Waals surface area contributed by atoms with Gasteiger partial charge < -0.3 is 19.5 Å². The minimum absolute atomic E-state index is 0.0680. The number of aromatic nitrogens is 2. The summed E-state index contributed by atoms with van der Waals surface area (Å²) >= 11 is 0. The fourth-order valence-electron chi connectivity index (χ4n) is 5.63. The molecule has 2 saturated heterocycles. The van der Waals surface area contributed by atoms with Crippen LogP contribution in [0.4, 0.5) is 19.5 Å². The predicted molar refractivity (Wildman–Crippen MR) is 159 cm³/mol. The van der Waals surface area contributed by atoms with Crippen LogP contribution in [0.25, 0.3) is 22.3 Å². The van der Waals surface area contributed by atoms with E-state index in [1.54, 1.807) is 42.3 Å². The standard InChI is InChI=1S/C33H30F2N4O5/c1-18-13-21(31(40)41)7-10-23(18)24-14-25(29(43-3)15-27(24)35)26-16-36-32(38-11-4-12-38)37-28(26)17-39-19(2)30(44-33(39)42)20-5-8-22(34)9-6-20/h5-10,13-16,19,30H,4,11-12,17H2,1-3H3,(H,40,41). The van der Waals surface area contributed by atoms with Crippen LogP contribution in [-0.2, 0) is 11.3 Å². The van der Waals surface area contributed by atoms with Crippen LogP contribution in [0.3, 0.4) is 0 Å². The van der Waals surface area contributed by atoms with Crippen LogP contribution in [0, 0.1) is 18.6 Å². The summed E-state index contributed by atoms with van der Waals surface area (Å²) in [4.78, 5) is 37.7. The summed E-state index contributed by atoms with van der Waals surface area (Å²) in [6.45, 7) is 5.26. The second-order valence-electron chi connectivity index (χ2n) is 11.0. The van der Waals surface area contributed by atoms with Crippen LogP contribution in [0.5, 0.6) is 5.75 Å². The van der Waals surface area contributed by atoms with Gasteiger partial charge in [0, 0.05) is 42.0 Å². The van der Waals surface area contributed by atoms with Gasteiger partial charge in [-0.3, -0.25) is 4.90 Å². The average molecular weight is 601 g/mol. The van der Waals surface area contributed by atoms with Crippen molar-refractivity contribution in [2.24, 2.45) is 0 Å². The molecule has 9 nitrogen and oxygen atoms in total. The van der Waals surface area contributed by atoms with Crippen molar-refractivity contribution in [2.45, 2.75) is 39.0 Å². The Balaban J connectivity index is 1.43. The van der Waals surface area contributed by atoms with Crippen molar-refractivity contribution in [1.82, 2.24) is 14.9 Å². The Hall–Kier alpha value is -5.06. The van der Waals surface area contributed by atoms with Gasteiger partial charge in [-0.2, -0.15) is 0 Å². The summed E-state index contributed by atoms with van der Waals surface area (Å²) < 4.78 is 40.4. The topological polar surface area (TPSA) is 105 Å². The van der Waals surface area contributed by atoms with Gasteiger partial charge >= 0.3 is 12.1 Å². The van der Waals surface area contributed by atoms with Crippen molar-refractivity contribution in [2.75, 3.05) is 25.1 Å². The minimum Gasteiger partial charge on any atom is -0.496 e. The molecule has 0 aliphatic carbocycles. The third-order valence-electron chi connectivity index (χ3n) is 8.25. The Morgan fingerprint density at radius 2 is 1.80 bits per heavy atom. The number of methoxy groups -OCH3 is 1. The number of hydrogen-bond donors (Lipinski definition) is 1. The second kappa shape index (κ2) is 11.6. The summed E-state index contributed by atoms with van der Waals surface area (Å²) in [5.41, 5.74) is 3.69. The van der Waals surface area contributed by atoms with Crippen molar-refractivity contribution in [3.63, 3.8) is 0 Å². The Bertz CT molecular complexity index is 1760.